The van der Waals surface area contributed by atoms with Gasteiger partial charge >= 0.3 is 0 Å². The van der Waals surface area contributed by atoms with E-state index in [0.717, 1.165) is 80.4 Å². The van der Waals surface area contributed by atoms with Gasteiger partial charge in [-0.3, -0.25) is 18.7 Å². The summed E-state index contributed by atoms with van der Waals surface area (Å²) >= 11 is 0. The van der Waals surface area contributed by atoms with Gasteiger partial charge in [-0.2, -0.15) is 0 Å². The summed E-state index contributed by atoms with van der Waals surface area (Å²) in [4.78, 5) is 28.0. The molecule has 2 heterocycles. The Kier molecular flexibility index (Phi) is 5.21. The number of nitrogens with one attached hydrogen (secondary N) is 2. The van der Waals surface area contributed by atoms with Gasteiger partial charge < -0.3 is 21.0 Å². The highest BCUT2D eigenvalue weighted by atomic mass is 16.3. The maximum atomic E-state index is 14.0. The zero-order chi connectivity index (χ0) is 30.0. The lowest BCUT2D eigenvalue weighted by atomic mass is 9.85. The van der Waals surface area contributed by atoms with Crippen molar-refractivity contribution in [1.29, 1.82) is 10.8 Å². The van der Waals surface area contributed by atoms with Gasteiger partial charge in [0.2, 0.25) is 11.8 Å². The van der Waals surface area contributed by atoms with Crippen LogP contribution in [0, 0.1) is 10.8 Å². The van der Waals surface area contributed by atoms with Gasteiger partial charge in [0.25, 0.3) is 11.1 Å². The second-order valence-corrected chi connectivity index (χ2v) is 13.1. The monoisotopic (exact) mass is 584 g/mol. The summed E-state index contributed by atoms with van der Waals surface area (Å²) in [5.74, 6) is 0.0515. The van der Waals surface area contributed by atoms with Gasteiger partial charge in [0.05, 0.1) is 21.5 Å². The molecule has 2 aromatic heterocycles. The Labute approximate surface area is 250 Å². The number of aromatic nitrogens is 2. The molecule has 4 N–H and O–H groups in total. The first-order valence-corrected chi connectivity index (χ1v) is 15.9. The molecular formula is C36H32N4O4. The van der Waals surface area contributed by atoms with Gasteiger partial charge in [-0.05, 0) is 66.1 Å². The van der Waals surface area contributed by atoms with E-state index < -0.39 is 0 Å². The van der Waals surface area contributed by atoms with Crippen LogP contribution in [0.5, 0.6) is 11.8 Å². The number of rotatable bonds is 2. The van der Waals surface area contributed by atoms with Crippen LogP contribution in [-0.2, 0) is 0 Å². The van der Waals surface area contributed by atoms with Crippen LogP contribution in [0.2, 0.25) is 0 Å². The quantitative estimate of drug-likeness (QED) is 0.134. The molecule has 0 spiro atoms. The standard InChI is InChI=1S/C36H32N4O4/c37-25-15-23-29-24(36(44)40(35(23)43)18-9-5-2-6-10-18)16-26(38)31-20-12-14-22-28-21(13-11-19(27(20)28)30(25)32(29)31)33(41)39(34(22)42)17-7-3-1-4-8-17/h11-18,37-38,41-42H,1-10H2. The molecule has 8 heteroatoms. The lowest BCUT2D eigenvalue weighted by molar-refractivity contribution is 0.280. The zero-order valence-corrected chi connectivity index (χ0v) is 24.3. The van der Waals surface area contributed by atoms with Crippen molar-refractivity contribution in [1.82, 2.24) is 9.13 Å². The Balaban J connectivity index is 1.46. The van der Waals surface area contributed by atoms with Crippen LogP contribution in [0.1, 0.15) is 76.3 Å². The SMILES string of the molecule is N=c1cc2c(=O)n(C3CCCCC3)c(=O)c3cc(=N)c4c5ccc6c(O)n(C7CCCCC7)c(O)c7ccc(c1c4c23)c5c76. The molecule has 44 heavy (non-hydrogen) atoms. The van der Waals surface area contributed by atoms with E-state index in [1.807, 2.05) is 24.3 Å². The van der Waals surface area contributed by atoms with Crippen molar-refractivity contribution < 1.29 is 10.2 Å². The van der Waals surface area contributed by atoms with E-state index in [1.165, 1.54) is 4.57 Å². The molecule has 2 fully saturated rings. The minimum Gasteiger partial charge on any atom is -0.494 e. The van der Waals surface area contributed by atoms with Gasteiger partial charge in [0.1, 0.15) is 0 Å². The first kappa shape index (κ1) is 25.7. The number of fused-ring (bicyclic) bond motifs is 2. The van der Waals surface area contributed by atoms with Crippen LogP contribution in [0.4, 0.5) is 0 Å². The molecule has 0 aliphatic heterocycles. The third-order valence-electron chi connectivity index (χ3n) is 10.8. The van der Waals surface area contributed by atoms with Gasteiger partial charge in [0, 0.05) is 49.8 Å². The first-order chi connectivity index (χ1) is 21.4. The smallest absolute Gasteiger partial charge is 0.261 e. The number of nitrogens with zero attached hydrogens (tertiary/aromatic N) is 2. The Morgan fingerprint density at radius 1 is 0.500 bits per heavy atom. The molecule has 2 aliphatic rings. The number of hydrogen-bond donors (Lipinski definition) is 4. The van der Waals surface area contributed by atoms with Gasteiger partial charge in [-0.15, -0.1) is 0 Å². The fraction of sp³-hybridized carbons (Fsp3) is 0.333. The number of pyridine rings is 2. The molecule has 0 atom stereocenters. The maximum absolute atomic E-state index is 14.0. The lowest BCUT2D eigenvalue weighted by Gasteiger charge is -2.28. The fourth-order valence-electron chi connectivity index (χ4n) is 8.89. The highest BCUT2D eigenvalue weighted by Crippen LogP contribution is 2.48. The number of hydrogen-bond acceptors (Lipinski definition) is 6. The minimum absolute atomic E-state index is 0.0130. The van der Waals surface area contributed by atoms with Gasteiger partial charge in [-0.25, -0.2) is 0 Å². The Morgan fingerprint density at radius 2 is 0.886 bits per heavy atom. The number of aromatic hydroxyl groups is 2. The van der Waals surface area contributed by atoms with E-state index in [4.69, 9.17) is 0 Å². The summed E-state index contributed by atoms with van der Waals surface area (Å²) in [5, 5.41) is 49.1. The predicted molar refractivity (Wildman–Crippen MR) is 173 cm³/mol. The summed E-state index contributed by atoms with van der Waals surface area (Å²) in [7, 11) is 0. The summed E-state index contributed by atoms with van der Waals surface area (Å²) in [5.41, 5.74) is -0.702. The van der Waals surface area contributed by atoms with Crippen molar-refractivity contribution in [2.24, 2.45) is 0 Å². The second-order valence-electron chi connectivity index (χ2n) is 13.1. The summed E-state index contributed by atoms with van der Waals surface area (Å²) in [6, 6.07) is 10.5. The van der Waals surface area contributed by atoms with Crippen LogP contribution in [0.3, 0.4) is 0 Å². The zero-order valence-electron chi connectivity index (χ0n) is 24.3. The van der Waals surface area contributed by atoms with E-state index in [9.17, 15) is 30.6 Å². The maximum Gasteiger partial charge on any atom is 0.261 e. The van der Waals surface area contributed by atoms with Crippen LogP contribution in [0.15, 0.2) is 46.0 Å². The van der Waals surface area contributed by atoms with Crippen molar-refractivity contribution in [3.8, 4) is 11.8 Å². The molecule has 8 nitrogen and oxygen atoms in total. The third kappa shape index (κ3) is 3.13. The van der Waals surface area contributed by atoms with Gasteiger partial charge in [0.15, 0.2) is 0 Å². The Hall–Kier alpha value is -4.72. The Morgan fingerprint density at radius 3 is 1.36 bits per heavy atom. The van der Waals surface area contributed by atoms with Crippen molar-refractivity contribution in [2.45, 2.75) is 76.3 Å². The predicted octanol–water partition coefficient (Wildman–Crippen LogP) is 6.62. The van der Waals surface area contributed by atoms with Crippen LogP contribution in [-0.4, -0.2) is 19.3 Å². The van der Waals surface area contributed by atoms with Crippen molar-refractivity contribution in [3.63, 3.8) is 0 Å². The molecule has 0 unspecified atom stereocenters. The normalized spacial score (nSPS) is 17.5. The van der Waals surface area contributed by atoms with E-state index in [1.54, 1.807) is 16.7 Å². The molecule has 0 saturated heterocycles. The highest BCUT2D eigenvalue weighted by molar-refractivity contribution is 6.39. The molecule has 5 aromatic carbocycles. The minimum atomic E-state index is -0.351. The molecular weight excluding hydrogens is 552 g/mol. The topological polar surface area (TPSA) is 132 Å². The highest BCUT2D eigenvalue weighted by Gasteiger charge is 2.28. The second kappa shape index (κ2) is 8.91. The largest absolute Gasteiger partial charge is 0.494 e. The summed E-state index contributed by atoms with van der Waals surface area (Å²) in [6.45, 7) is 0. The average Bonchev–Trinajstić information content (AvgIpc) is 3.03. The van der Waals surface area contributed by atoms with Crippen molar-refractivity contribution in [3.05, 3.63) is 67.8 Å². The first-order valence-electron chi connectivity index (χ1n) is 15.9. The Bertz CT molecular complexity index is 2420. The van der Waals surface area contributed by atoms with Crippen LogP contribution >= 0.6 is 0 Å². The van der Waals surface area contributed by atoms with E-state index in [0.29, 0.717) is 48.5 Å². The molecule has 9 rings (SSSR count). The molecule has 2 saturated carbocycles. The molecule has 0 radical (unpaired) electrons. The molecule has 0 amide bonds. The van der Waals surface area contributed by atoms with E-state index >= 15 is 0 Å². The molecule has 0 bridgehead atoms. The average molecular weight is 585 g/mol. The molecule has 220 valence electrons. The van der Waals surface area contributed by atoms with E-state index in [2.05, 4.69) is 0 Å². The lowest BCUT2D eigenvalue weighted by Crippen LogP contribution is -2.38. The summed E-state index contributed by atoms with van der Waals surface area (Å²) < 4.78 is 3.08. The fourth-order valence-corrected chi connectivity index (χ4v) is 8.89. The van der Waals surface area contributed by atoms with Crippen LogP contribution < -0.4 is 21.8 Å². The number of benzene rings is 5. The third-order valence-corrected chi connectivity index (χ3v) is 10.8. The van der Waals surface area contributed by atoms with Gasteiger partial charge in [-0.1, -0.05) is 50.7 Å². The van der Waals surface area contributed by atoms with Crippen LogP contribution in [0.25, 0.3) is 64.6 Å². The van der Waals surface area contributed by atoms with Crippen molar-refractivity contribution in [2.75, 3.05) is 0 Å². The van der Waals surface area contributed by atoms with E-state index in [-0.39, 0.29) is 45.7 Å². The van der Waals surface area contributed by atoms with Crippen molar-refractivity contribution >= 4 is 64.6 Å². The summed E-state index contributed by atoms with van der Waals surface area (Å²) in [6.07, 6.45) is 9.63. The molecule has 2 aliphatic carbocycles. The molecule has 7 aromatic rings.